The van der Waals surface area contributed by atoms with E-state index in [1.807, 2.05) is 0 Å². The molecule has 0 amide bonds. The molecule has 0 aliphatic heterocycles. The molecule has 2 rings (SSSR count). The van der Waals surface area contributed by atoms with Gasteiger partial charge in [-0.1, -0.05) is 32.0 Å². The first kappa shape index (κ1) is 23.3. The van der Waals surface area contributed by atoms with Crippen molar-refractivity contribution in [2.24, 2.45) is 0 Å². The van der Waals surface area contributed by atoms with Crippen molar-refractivity contribution < 1.29 is 43.9 Å². The van der Waals surface area contributed by atoms with E-state index < -0.39 is 89.3 Å². The molecule has 2 aromatic carbocycles. The summed E-state index contributed by atoms with van der Waals surface area (Å²) in [6.45, 7) is 3.46. The molecule has 0 radical (unpaired) electrons. The standard InChI is InChI=1S/C17H13BF10Si/c1-5(29(2,3)4)18(6-8(19)12(23)16(27)13(24)9(6)20)7-10(21)14(25)17(28)15(26)11(7)22/h5H,1-4H3. The summed E-state index contributed by atoms with van der Waals surface area (Å²) < 4.78 is 139. The highest BCUT2D eigenvalue weighted by Gasteiger charge is 2.45. The summed E-state index contributed by atoms with van der Waals surface area (Å²) in [5.74, 6) is -24.2. The van der Waals surface area contributed by atoms with Crippen molar-refractivity contribution in [2.75, 3.05) is 0 Å². The highest BCUT2D eigenvalue weighted by molar-refractivity contribution is 6.99. The van der Waals surface area contributed by atoms with Gasteiger partial charge in [0.15, 0.2) is 58.2 Å². The van der Waals surface area contributed by atoms with E-state index in [0.29, 0.717) is 0 Å². The maximum absolute atomic E-state index is 14.4. The van der Waals surface area contributed by atoms with Crippen LogP contribution in [0.25, 0.3) is 0 Å². The van der Waals surface area contributed by atoms with Crippen LogP contribution in [0, 0.1) is 58.2 Å². The zero-order chi connectivity index (χ0) is 22.6. The van der Waals surface area contributed by atoms with Gasteiger partial charge in [0.05, 0.1) is 0 Å². The number of hydrogen-bond acceptors (Lipinski definition) is 0. The molecule has 1 atom stereocenters. The van der Waals surface area contributed by atoms with Crippen molar-refractivity contribution in [3.05, 3.63) is 58.2 Å². The Labute approximate surface area is 160 Å². The van der Waals surface area contributed by atoms with Crippen molar-refractivity contribution in [1.29, 1.82) is 0 Å². The van der Waals surface area contributed by atoms with Crippen LogP contribution in [0.3, 0.4) is 0 Å². The zero-order valence-corrected chi connectivity index (χ0v) is 16.4. The third-order valence-corrected chi connectivity index (χ3v) is 8.04. The molecule has 0 heterocycles. The molecule has 0 aliphatic carbocycles. The Morgan fingerprint density at radius 3 is 0.897 bits per heavy atom. The monoisotopic (exact) mass is 446 g/mol. The second-order valence-electron chi connectivity index (χ2n) is 7.60. The predicted molar refractivity (Wildman–Crippen MR) is 90.3 cm³/mol. The molecule has 158 valence electrons. The topological polar surface area (TPSA) is 0 Å². The Bertz CT molecular complexity index is 858. The Morgan fingerprint density at radius 1 is 0.483 bits per heavy atom. The van der Waals surface area contributed by atoms with Gasteiger partial charge in [-0.25, -0.2) is 43.9 Å². The van der Waals surface area contributed by atoms with Crippen LogP contribution in [-0.4, -0.2) is 14.8 Å². The second kappa shape index (κ2) is 7.69. The molecule has 0 bridgehead atoms. The van der Waals surface area contributed by atoms with Crippen molar-refractivity contribution in [1.82, 2.24) is 0 Å². The molecule has 0 nitrogen and oxygen atoms in total. The smallest absolute Gasteiger partial charge is 0.204 e. The molecule has 0 fully saturated rings. The van der Waals surface area contributed by atoms with E-state index in [1.165, 1.54) is 26.6 Å². The lowest BCUT2D eigenvalue weighted by Gasteiger charge is -2.32. The minimum atomic E-state index is -2.72. The molecule has 2 aromatic rings. The molecule has 0 saturated heterocycles. The van der Waals surface area contributed by atoms with Crippen LogP contribution in [0.15, 0.2) is 0 Å². The Morgan fingerprint density at radius 2 is 0.690 bits per heavy atom. The molecule has 12 heteroatoms. The summed E-state index contributed by atoms with van der Waals surface area (Å²) in [6.07, 6.45) is 0. The fourth-order valence-electron chi connectivity index (χ4n) is 2.93. The largest absolute Gasteiger partial charge is 0.225 e. The maximum Gasteiger partial charge on any atom is 0.225 e. The van der Waals surface area contributed by atoms with E-state index in [1.54, 1.807) is 0 Å². The van der Waals surface area contributed by atoms with Gasteiger partial charge >= 0.3 is 0 Å². The van der Waals surface area contributed by atoms with Crippen LogP contribution in [-0.2, 0) is 0 Å². The summed E-state index contributed by atoms with van der Waals surface area (Å²) in [4.78, 5) is 0. The van der Waals surface area contributed by atoms with E-state index in [4.69, 9.17) is 0 Å². The van der Waals surface area contributed by atoms with Gasteiger partial charge in [-0.15, -0.1) is 0 Å². The Kier molecular flexibility index (Phi) is 6.18. The molecule has 0 aromatic heterocycles. The number of benzene rings is 2. The van der Waals surface area contributed by atoms with Crippen LogP contribution < -0.4 is 10.9 Å². The third-order valence-electron chi connectivity index (χ3n) is 4.98. The first-order valence-electron chi connectivity index (χ1n) is 8.17. The second-order valence-corrected chi connectivity index (χ2v) is 13.2. The molecule has 0 aliphatic rings. The van der Waals surface area contributed by atoms with Gasteiger partial charge in [0.2, 0.25) is 6.71 Å². The molecular formula is C17H13BF10Si. The summed E-state index contributed by atoms with van der Waals surface area (Å²) in [5, 5.41) is 0. The highest BCUT2D eigenvalue weighted by atomic mass is 28.3. The van der Waals surface area contributed by atoms with Gasteiger partial charge in [-0.05, 0) is 0 Å². The van der Waals surface area contributed by atoms with Crippen LogP contribution in [0.4, 0.5) is 43.9 Å². The van der Waals surface area contributed by atoms with Crippen molar-refractivity contribution in [2.45, 2.75) is 32.0 Å². The van der Waals surface area contributed by atoms with Gasteiger partial charge in [-0.2, -0.15) is 0 Å². The SMILES string of the molecule is CC(B(c1c(F)c(F)c(F)c(F)c1F)c1c(F)c(F)c(F)c(F)c1F)[Si](C)(C)C. The number of rotatable bonds is 4. The van der Waals surface area contributed by atoms with Gasteiger partial charge < -0.3 is 0 Å². The number of halogens is 10. The first-order valence-corrected chi connectivity index (χ1v) is 11.7. The summed E-state index contributed by atoms with van der Waals surface area (Å²) in [5.41, 5.74) is -4.51. The fraction of sp³-hybridized carbons (Fsp3) is 0.294. The molecule has 0 saturated carbocycles. The van der Waals surface area contributed by atoms with E-state index in [2.05, 4.69) is 0 Å². The van der Waals surface area contributed by atoms with Gasteiger partial charge in [0, 0.05) is 19.0 Å². The van der Waals surface area contributed by atoms with Crippen molar-refractivity contribution >= 4 is 25.7 Å². The lowest BCUT2D eigenvalue weighted by atomic mass is 9.37. The maximum atomic E-state index is 14.4. The molecular weight excluding hydrogens is 433 g/mol. The highest BCUT2D eigenvalue weighted by Crippen LogP contribution is 2.29. The Balaban J connectivity index is 3.06. The normalized spacial score (nSPS) is 13.0. The van der Waals surface area contributed by atoms with Gasteiger partial charge in [-0.3, -0.25) is 0 Å². The van der Waals surface area contributed by atoms with Crippen molar-refractivity contribution in [3.8, 4) is 0 Å². The molecule has 0 spiro atoms. The lowest BCUT2D eigenvalue weighted by molar-refractivity contribution is 0.382. The van der Waals surface area contributed by atoms with E-state index in [0.717, 1.165) is 0 Å². The van der Waals surface area contributed by atoms with E-state index in [9.17, 15) is 43.9 Å². The summed E-state index contributed by atoms with van der Waals surface area (Å²) in [6, 6.07) is 0. The quantitative estimate of drug-likeness (QED) is 0.270. The fourth-order valence-corrected chi connectivity index (χ4v) is 4.27. The average molecular weight is 446 g/mol. The van der Waals surface area contributed by atoms with E-state index >= 15 is 0 Å². The summed E-state index contributed by atoms with van der Waals surface area (Å²) >= 11 is 0. The van der Waals surface area contributed by atoms with Crippen LogP contribution in [0.5, 0.6) is 0 Å². The van der Waals surface area contributed by atoms with Crippen LogP contribution in [0.1, 0.15) is 6.92 Å². The van der Waals surface area contributed by atoms with Crippen LogP contribution in [0.2, 0.25) is 25.1 Å². The lowest BCUT2D eigenvalue weighted by Crippen LogP contribution is -2.57. The average Bonchev–Trinajstić information content (AvgIpc) is 2.65. The number of hydrogen-bond donors (Lipinski definition) is 0. The molecule has 1 unspecified atom stereocenters. The van der Waals surface area contributed by atoms with E-state index in [-0.39, 0.29) is 0 Å². The van der Waals surface area contributed by atoms with Crippen molar-refractivity contribution in [3.63, 3.8) is 0 Å². The zero-order valence-electron chi connectivity index (χ0n) is 15.4. The predicted octanol–water partition coefficient (Wildman–Crippen LogP) is 4.95. The first-order chi connectivity index (χ1) is 13.1. The van der Waals surface area contributed by atoms with Gasteiger partial charge in [0.25, 0.3) is 0 Å². The Hall–Kier alpha value is -1.98. The molecule has 0 N–H and O–H groups in total. The van der Waals surface area contributed by atoms with Crippen LogP contribution >= 0.6 is 0 Å². The minimum absolute atomic E-state index is 1.19. The molecule has 29 heavy (non-hydrogen) atoms. The minimum Gasteiger partial charge on any atom is -0.204 e. The van der Waals surface area contributed by atoms with Gasteiger partial charge in [0.1, 0.15) is 0 Å². The summed E-state index contributed by atoms with van der Waals surface area (Å²) in [7, 11) is -2.72. The third kappa shape index (κ3) is 3.66.